The van der Waals surface area contributed by atoms with Gasteiger partial charge in [-0.25, -0.2) is 4.39 Å². The Hall–Kier alpha value is -2.73. The Morgan fingerprint density at radius 1 is 1.04 bits per heavy atom. The van der Waals surface area contributed by atoms with E-state index in [1.807, 2.05) is 0 Å². The summed E-state index contributed by atoms with van der Waals surface area (Å²) in [5.74, 6) is -1.20. The average molecular weight is 344 g/mol. The van der Waals surface area contributed by atoms with Gasteiger partial charge >= 0.3 is 0 Å². The van der Waals surface area contributed by atoms with Gasteiger partial charge in [0.1, 0.15) is 11.4 Å². The van der Waals surface area contributed by atoms with E-state index in [4.69, 9.17) is 0 Å². The van der Waals surface area contributed by atoms with E-state index in [1.165, 1.54) is 38.1 Å². The first kappa shape index (κ1) is 18.6. The van der Waals surface area contributed by atoms with Gasteiger partial charge in [0.25, 0.3) is 11.8 Å². The first-order valence-electron chi connectivity index (χ1n) is 7.87. The topological polar surface area (TPSA) is 78.4 Å². The maximum atomic E-state index is 12.9. The molecule has 3 N–H and O–H groups in total. The number of halogens is 1. The molecule has 2 rings (SSSR count). The zero-order valence-corrected chi connectivity index (χ0v) is 14.3. The zero-order chi connectivity index (χ0) is 18.6. The summed E-state index contributed by atoms with van der Waals surface area (Å²) >= 11 is 0. The number of anilines is 1. The molecule has 0 saturated heterocycles. The number of aliphatic hydroxyl groups is 1. The van der Waals surface area contributed by atoms with Crippen molar-refractivity contribution in [1.82, 2.24) is 5.32 Å². The first-order valence-corrected chi connectivity index (χ1v) is 7.87. The van der Waals surface area contributed by atoms with Crippen LogP contribution in [0.2, 0.25) is 0 Å². The highest BCUT2D eigenvalue weighted by molar-refractivity contribution is 6.04. The van der Waals surface area contributed by atoms with Crippen LogP contribution < -0.4 is 10.6 Å². The summed E-state index contributed by atoms with van der Waals surface area (Å²) in [7, 11) is 0. The first-order chi connectivity index (χ1) is 11.7. The van der Waals surface area contributed by atoms with Crippen molar-refractivity contribution in [1.29, 1.82) is 0 Å². The van der Waals surface area contributed by atoms with Gasteiger partial charge in [0.15, 0.2) is 0 Å². The van der Waals surface area contributed by atoms with Gasteiger partial charge in [0, 0.05) is 11.3 Å². The van der Waals surface area contributed by atoms with Crippen LogP contribution >= 0.6 is 0 Å². The lowest BCUT2D eigenvalue weighted by Gasteiger charge is -2.21. The molecule has 0 heterocycles. The molecule has 2 amide bonds. The maximum absolute atomic E-state index is 12.9. The summed E-state index contributed by atoms with van der Waals surface area (Å²) in [6, 6.07) is 12.0. The summed E-state index contributed by atoms with van der Waals surface area (Å²) in [4.78, 5) is 23.9. The molecule has 0 aromatic heterocycles. The second kappa shape index (κ2) is 7.44. The third-order valence-electron chi connectivity index (χ3n) is 3.68. The molecule has 0 aliphatic carbocycles. The van der Waals surface area contributed by atoms with Crippen molar-refractivity contribution in [3.63, 3.8) is 0 Å². The molecule has 0 aliphatic rings. The number of hydrogen-bond acceptors (Lipinski definition) is 3. The van der Waals surface area contributed by atoms with Crippen molar-refractivity contribution in [2.75, 3.05) is 5.32 Å². The normalized spacial score (nSPS) is 12.4. The van der Waals surface area contributed by atoms with Crippen LogP contribution in [0.4, 0.5) is 10.1 Å². The second-order valence-corrected chi connectivity index (χ2v) is 6.34. The molecule has 25 heavy (non-hydrogen) atoms. The van der Waals surface area contributed by atoms with E-state index < -0.39 is 17.3 Å². The highest BCUT2D eigenvalue weighted by Gasteiger charge is 2.25. The Bertz CT molecular complexity index is 750. The quantitative estimate of drug-likeness (QED) is 0.780. The lowest BCUT2D eigenvalue weighted by molar-refractivity contribution is -0.137. The number of benzene rings is 2. The van der Waals surface area contributed by atoms with Crippen LogP contribution in [0.1, 0.15) is 42.7 Å². The van der Waals surface area contributed by atoms with E-state index in [0.717, 1.165) is 5.56 Å². The van der Waals surface area contributed by atoms with Gasteiger partial charge in [-0.3, -0.25) is 9.59 Å². The number of hydrogen-bond donors (Lipinski definition) is 3. The van der Waals surface area contributed by atoms with Crippen LogP contribution in [0.5, 0.6) is 0 Å². The molecule has 0 unspecified atom stereocenters. The monoisotopic (exact) mass is 344 g/mol. The summed E-state index contributed by atoms with van der Waals surface area (Å²) in [6.07, 6.45) is 0. The lowest BCUT2D eigenvalue weighted by Crippen LogP contribution is -2.42. The molecule has 0 saturated carbocycles. The predicted molar refractivity (Wildman–Crippen MR) is 93.7 cm³/mol. The molecular formula is C19H21FN2O3. The van der Waals surface area contributed by atoms with Crippen molar-refractivity contribution in [3.8, 4) is 0 Å². The molecular weight excluding hydrogens is 323 g/mol. The van der Waals surface area contributed by atoms with Gasteiger partial charge < -0.3 is 15.7 Å². The standard InChI is InChI=1S/C19H21FN2O3/c1-12(21-18(24)19(2,3)25)13-6-10-16(11-7-13)22-17(23)14-4-8-15(20)9-5-14/h4-12,25H,1-3H3,(H,21,24)(H,22,23)/t12-/m1/s1. The van der Waals surface area contributed by atoms with Gasteiger partial charge in [-0.05, 0) is 62.7 Å². The summed E-state index contributed by atoms with van der Waals surface area (Å²) in [6.45, 7) is 4.64. The van der Waals surface area contributed by atoms with Crippen molar-refractivity contribution in [2.24, 2.45) is 0 Å². The Balaban J connectivity index is 2.00. The van der Waals surface area contributed by atoms with Crippen LogP contribution in [0.15, 0.2) is 48.5 Å². The minimum absolute atomic E-state index is 0.291. The van der Waals surface area contributed by atoms with Gasteiger partial charge in [0.2, 0.25) is 0 Å². The molecule has 0 aliphatic heterocycles. The number of carbonyl (C=O) groups excluding carboxylic acids is 2. The highest BCUT2D eigenvalue weighted by atomic mass is 19.1. The molecule has 0 radical (unpaired) electrons. The number of nitrogens with one attached hydrogen (secondary N) is 2. The van der Waals surface area contributed by atoms with Crippen molar-refractivity contribution >= 4 is 17.5 Å². The lowest BCUT2D eigenvalue weighted by atomic mass is 10.1. The Morgan fingerprint density at radius 2 is 1.60 bits per heavy atom. The third-order valence-corrected chi connectivity index (χ3v) is 3.68. The fraction of sp³-hybridized carbons (Fsp3) is 0.263. The number of carbonyl (C=O) groups is 2. The largest absolute Gasteiger partial charge is 0.381 e. The highest BCUT2D eigenvalue weighted by Crippen LogP contribution is 2.18. The minimum Gasteiger partial charge on any atom is -0.381 e. The molecule has 2 aromatic carbocycles. The Kier molecular flexibility index (Phi) is 5.54. The van der Waals surface area contributed by atoms with Crippen LogP contribution in [0.3, 0.4) is 0 Å². The van der Waals surface area contributed by atoms with Crippen LogP contribution in [0.25, 0.3) is 0 Å². The third kappa shape index (κ3) is 5.12. The van der Waals surface area contributed by atoms with Crippen LogP contribution in [-0.4, -0.2) is 22.5 Å². The van der Waals surface area contributed by atoms with E-state index in [2.05, 4.69) is 10.6 Å². The Labute approximate surface area is 145 Å². The predicted octanol–water partition coefficient (Wildman–Crippen LogP) is 3.03. The average Bonchev–Trinajstić information content (AvgIpc) is 2.55. The summed E-state index contributed by atoms with van der Waals surface area (Å²) in [5, 5.41) is 15.1. The Morgan fingerprint density at radius 3 is 2.12 bits per heavy atom. The maximum Gasteiger partial charge on any atom is 0.255 e. The van der Waals surface area contributed by atoms with Crippen LogP contribution in [0, 0.1) is 5.82 Å². The van der Waals surface area contributed by atoms with E-state index in [-0.39, 0.29) is 11.9 Å². The van der Waals surface area contributed by atoms with Gasteiger partial charge in [-0.2, -0.15) is 0 Å². The summed E-state index contributed by atoms with van der Waals surface area (Å²) < 4.78 is 12.9. The number of amides is 2. The molecule has 5 nitrogen and oxygen atoms in total. The van der Waals surface area contributed by atoms with E-state index in [9.17, 15) is 19.1 Å². The smallest absolute Gasteiger partial charge is 0.255 e. The molecule has 132 valence electrons. The molecule has 1 atom stereocenters. The molecule has 2 aromatic rings. The SMILES string of the molecule is C[C@@H](NC(=O)C(C)(C)O)c1ccc(NC(=O)c2ccc(F)cc2)cc1. The zero-order valence-electron chi connectivity index (χ0n) is 14.3. The van der Waals surface area contributed by atoms with E-state index >= 15 is 0 Å². The molecule has 6 heteroatoms. The van der Waals surface area contributed by atoms with Gasteiger partial charge in [-0.1, -0.05) is 12.1 Å². The molecule has 0 spiro atoms. The van der Waals surface area contributed by atoms with E-state index in [0.29, 0.717) is 11.3 Å². The van der Waals surface area contributed by atoms with Crippen LogP contribution in [-0.2, 0) is 4.79 Å². The fourth-order valence-corrected chi connectivity index (χ4v) is 2.12. The van der Waals surface area contributed by atoms with Crippen molar-refractivity contribution in [3.05, 3.63) is 65.5 Å². The minimum atomic E-state index is -1.45. The van der Waals surface area contributed by atoms with Gasteiger partial charge in [0.05, 0.1) is 6.04 Å². The fourth-order valence-electron chi connectivity index (χ4n) is 2.12. The second-order valence-electron chi connectivity index (χ2n) is 6.34. The molecule has 0 bridgehead atoms. The van der Waals surface area contributed by atoms with E-state index in [1.54, 1.807) is 31.2 Å². The van der Waals surface area contributed by atoms with Crippen molar-refractivity contribution < 1.29 is 19.1 Å². The van der Waals surface area contributed by atoms with Gasteiger partial charge in [-0.15, -0.1) is 0 Å². The summed E-state index contributed by atoms with van der Waals surface area (Å²) in [5.41, 5.74) is 0.324. The number of rotatable bonds is 5. The molecule has 0 fully saturated rings. The van der Waals surface area contributed by atoms with Crippen molar-refractivity contribution in [2.45, 2.75) is 32.4 Å².